The van der Waals surface area contributed by atoms with Gasteiger partial charge in [-0.05, 0) is 63.6 Å². The van der Waals surface area contributed by atoms with E-state index in [0.717, 1.165) is 48.4 Å². The normalized spacial score (nSPS) is 18.7. The van der Waals surface area contributed by atoms with Gasteiger partial charge in [0, 0.05) is 38.5 Å². The van der Waals surface area contributed by atoms with Crippen molar-refractivity contribution in [2.24, 2.45) is 0 Å². The number of rotatable bonds is 6. The maximum atomic E-state index is 12.8. The number of aryl methyl sites for hydroxylation is 2. The maximum Gasteiger partial charge on any atom is 0.272 e. The molecule has 0 N–H and O–H groups in total. The van der Waals surface area contributed by atoms with Crippen LogP contribution in [0.25, 0.3) is 16.0 Å². The predicted octanol–water partition coefficient (Wildman–Crippen LogP) is 2.93. The number of fused-ring (bicyclic) bond motifs is 3. The molecule has 0 unspecified atom stereocenters. The second kappa shape index (κ2) is 9.31. The lowest BCUT2D eigenvalue weighted by Gasteiger charge is -2.40. The van der Waals surface area contributed by atoms with Crippen molar-refractivity contribution in [2.75, 3.05) is 26.2 Å². The van der Waals surface area contributed by atoms with Crippen LogP contribution in [0.5, 0.6) is 0 Å². The number of hydrogen-bond acceptors (Lipinski definition) is 6. The molecule has 8 nitrogen and oxygen atoms in total. The van der Waals surface area contributed by atoms with Gasteiger partial charge in [-0.3, -0.25) is 18.6 Å². The number of aromatic nitrogens is 4. The van der Waals surface area contributed by atoms with Gasteiger partial charge in [0.15, 0.2) is 0 Å². The van der Waals surface area contributed by atoms with Crippen LogP contribution in [0, 0.1) is 0 Å². The summed E-state index contributed by atoms with van der Waals surface area (Å²) in [6.07, 6.45) is 8.15. The van der Waals surface area contributed by atoms with Crippen molar-refractivity contribution < 1.29 is 4.79 Å². The molecule has 0 aromatic carbocycles. The number of hydrogen-bond donors (Lipinski definition) is 0. The van der Waals surface area contributed by atoms with Gasteiger partial charge in [-0.15, -0.1) is 21.5 Å². The second-order valence-corrected chi connectivity index (χ2v) is 9.91. The zero-order chi connectivity index (χ0) is 22.1. The monoisotopic (exact) mass is 456 g/mol. The van der Waals surface area contributed by atoms with Crippen LogP contribution >= 0.6 is 11.3 Å². The van der Waals surface area contributed by atoms with Gasteiger partial charge < -0.3 is 9.80 Å². The lowest BCUT2D eigenvalue weighted by atomic mass is 9.99. The molecule has 0 aliphatic carbocycles. The number of thiophene rings is 1. The van der Waals surface area contributed by atoms with Gasteiger partial charge in [-0.1, -0.05) is 6.42 Å². The highest BCUT2D eigenvalue weighted by Crippen LogP contribution is 2.23. The van der Waals surface area contributed by atoms with Gasteiger partial charge in [0.05, 0.1) is 5.52 Å². The van der Waals surface area contributed by atoms with Crippen molar-refractivity contribution in [3.05, 3.63) is 27.6 Å². The minimum atomic E-state index is -0.00733. The largest absolute Gasteiger partial charge is 0.343 e. The van der Waals surface area contributed by atoms with Gasteiger partial charge in [-0.2, -0.15) is 0 Å². The van der Waals surface area contributed by atoms with Crippen LogP contribution in [-0.4, -0.2) is 67.1 Å². The molecule has 5 heterocycles. The average Bonchev–Trinajstić information content (AvgIpc) is 3.48. The second-order valence-electron chi connectivity index (χ2n) is 9.00. The van der Waals surface area contributed by atoms with Crippen LogP contribution in [0.4, 0.5) is 0 Å². The summed E-state index contributed by atoms with van der Waals surface area (Å²) < 4.78 is 4.39. The summed E-state index contributed by atoms with van der Waals surface area (Å²) in [7, 11) is 0. The quantitative estimate of drug-likeness (QED) is 0.570. The van der Waals surface area contributed by atoms with E-state index < -0.39 is 0 Å². The molecule has 2 fully saturated rings. The molecule has 1 amide bonds. The summed E-state index contributed by atoms with van der Waals surface area (Å²) in [5.74, 6) is 1.66. The maximum absolute atomic E-state index is 12.8. The lowest BCUT2D eigenvalue weighted by molar-refractivity contribution is -0.132. The predicted molar refractivity (Wildman–Crippen MR) is 126 cm³/mol. The Labute approximate surface area is 191 Å². The number of amides is 1. The molecule has 2 aliphatic heterocycles. The fraction of sp³-hybridized carbons (Fsp3) is 0.652. The molecular weight excluding hydrogens is 424 g/mol. The number of carbonyl (C=O) groups is 1. The smallest absolute Gasteiger partial charge is 0.272 e. The molecule has 3 aromatic rings. The third-order valence-corrected chi connectivity index (χ3v) is 8.00. The van der Waals surface area contributed by atoms with Crippen LogP contribution in [0.3, 0.4) is 0 Å². The van der Waals surface area contributed by atoms with Crippen molar-refractivity contribution in [3.8, 4) is 0 Å². The van der Waals surface area contributed by atoms with Gasteiger partial charge in [0.25, 0.3) is 5.56 Å². The fourth-order valence-corrected chi connectivity index (χ4v) is 6.17. The van der Waals surface area contributed by atoms with E-state index in [9.17, 15) is 9.59 Å². The molecule has 0 radical (unpaired) electrons. The summed E-state index contributed by atoms with van der Waals surface area (Å²) >= 11 is 1.45. The summed E-state index contributed by atoms with van der Waals surface area (Å²) in [4.78, 5) is 30.2. The first-order valence-corrected chi connectivity index (χ1v) is 12.9. The Balaban J connectivity index is 1.20. The van der Waals surface area contributed by atoms with Crippen molar-refractivity contribution in [1.82, 2.24) is 29.0 Å². The number of likely N-dealkylation sites (tertiary alicyclic amines) is 2. The summed E-state index contributed by atoms with van der Waals surface area (Å²) in [5.41, 5.74) is 0.859. The lowest BCUT2D eigenvalue weighted by Crippen LogP contribution is -2.48. The highest BCUT2D eigenvalue weighted by atomic mass is 32.1. The van der Waals surface area contributed by atoms with Gasteiger partial charge >= 0.3 is 0 Å². The van der Waals surface area contributed by atoms with Crippen LogP contribution < -0.4 is 5.56 Å². The first-order chi connectivity index (χ1) is 15.7. The molecule has 9 heteroatoms. The van der Waals surface area contributed by atoms with Crippen molar-refractivity contribution in [1.29, 1.82) is 0 Å². The highest BCUT2D eigenvalue weighted by molar-refractivity contribution is 7.17. The van der Waals surface area contributed by atoms with Gasteiger partial charge in [0.2, 0.25) is 11.7 Å². The molecule has 172 valence electrons. The average molecular weight is 457 g/mol. The zero-order valence-corrected chi connectivity index (χ0v) is 19.6. The van der Waals surface area contributed by atoms with Crippen LogP contribution in [0.2, 0.25) is 0 Å². The molecule has 3 aromatic heterocycles. The SMILES string of the molecule is CCn1c(=O)c2sccc2n2c(CCCC(=O)N3CCC(N4CCCCC4)CC3)nnc12. The number of carbonyl (C=O) groups excluding carboxylic acids is 1. The van der Waals surface area contributed by atoms with E-state index in [-0.39, 0.29) is 11.5 Å². The number of nitrogens with zero attached hydrogens (tertiary/aromatic N) is 6. The molecule has 2 aliphatic rings. The van der Waals surface area contributed by atoms with Crippen LogP contribution in [-0.2, 0) is 17.8 Å². The first-order valence-electron chi connectivity index (χ1n) is 12.0. The Morgan fingerprint density at radius 3 is 2.66 bits per heavy atom. The zero-order valence-electron chi connectivity index (χ0n) is 18.8. The summed E-state index contributed by atoms with van der Waals surface area (Å²) in [6, 6.07) is 2.62. The van der Waals surface area contributed by atoms with Gasteiger partial charge in [-0.25, -0.2) is 0 Å². The Bertz CT molecular complexity index is 1150. The van der Waals surface area contributed by atoms with Gasteiger partial charge in [0.1, 0.15) is 10.5 Å². The molecule has 32 heavy (non-hydrogen) atoms. The Morgan fingerprint density at radius 2 is 1.91 bits per heavy atom. The van der Waals surface area contributed by atoms with Crippen molar-refractivity contribution in [2.45, 2.75) is 70.9 Å². The molecule has 5 rings (SSSR count). The van der Waals surface area contributed by atoms with E-state index in [1.165, 1.54) is 43.7 Å². The number of piperidine rings is 2. The summed E-state index contributed by atoms with van der Waals surface area (Å²) in [6.45, 7) is 6.73. The third-order valence-electron chi connectivity index (χ3n) is 7.11. The van der Waals surface area contributed by atoms with E-state index in [1.54, 1.807) is 4.57 Å². The molecule has 0 spiro atoms. The minimum Gasteiger partial charge on any atom is -0.343 e. The van der Waals surface area contributed by atoms with E-state index in [0.29, 0.717) is 31.2 Å². The minimum absolute atomic E-state index is 0.00733. The van der Waals surface area contributed by atoms with Crippen LogP contribution in [0.1, 0.15) is 57.7 Å². The highest BCUT2D eigenvalue weighted by Gasteiger charge is 2.27. The van der Waals surface area contributed by atoms with Crippen molar-refractivity contribution in [3.63, 3.8) is 0 Å². The Hall–Kier alpha value is -2.26. The molecular formula is C23H32N6O2S. The topological polar surface area (TPSA) is 75.7 Å². The standard InChI is InChI=1S/C23H32N6O2S/c1-2-28-22(31)21-18(11-16-32-21)29-19(24-25-23(28)29)7-6-8-20(30)27-14-9-17(10-15-27)26-12-4-3-5-13-26/h11,16-17H,2-10,12-15H2,1H3. The van der Waals surface area contributed by atoms with E-state index in [4.69, 9.17) is 0 Å². The van der Waals surface area contributed by atoms with E-state index in [1.807, 2.05) is 27.7 Å². The Morgan fingerprint density at radius 1 is 1.12 bits per heavy atom. The van der Waals surface area contributed by atoms with Crippen LogP contribution in [0.15, 0.2) is 16.2 Å². The molecule has 0 saturated carbocycles. The molecule has 0 bridgehead atoms. The fourth-order valence-electron chi connectivity index (χ4n) is 5.35. The third kappa shape index (κ3) is 3.96. The molecule has 2 saturated heterocycles. The first kappa shape index (κ1) is 21.6. The van der Waals surface area contributed by atoms with E-state index >= 15 is 0 Å². The molecule has 0 atom stereocenters. The van der Waals surface area contributed by atoms with Crippen molar-refractivity contribution >= 4 is 33.2 Å². The van der Waals surface area contributed by atoms with E-state index in [2.05, 4.69) is 15.1 Å². The summed E-state index contributed by atoms with van der Waals surface area (Å²) in [5, 5.41) is 10.6. The Kier molecular flexibility index (Phi) is 6.28.